The monoisotopic (exact) mass is 247 g/mol. The van der Waals surface area contributed by atoms with Crippen molar-refractivity contribution in [2.75, 3.05) is 12.4 Å². The van der Waals surface area contributed by atoms with Crippen LogP contribution in [-0.4, -0.2) is 16.8 Å². The van der Waals surface area contributed by atoms with Crippen LogP contribution >= 0.6 is 11.6 Å². The summed E-state index contributed by atoms with van der Waals surface area (Å²) < 4.78 is 1.92. The molecule has 1 heterocycles. The number of hydrogen-bond donors (Lipinski definition) is 1. The summed E-state index contributed by atoms with van der Waals surface area (Å²) in [4.78, 5) is 0. The molecule has 1 aliphatic rings. The minimum Gasteiger partial charge on any atom is -0.373 e. The third-order valence-corrected chi connectivity index (χ3v) is 3.27. The van der Waals surface area contributed by atoms with Gasteiger partial charge in [0.25, 0.3) is 0 Å². The molecular weight excluding hydrogens is 234 g/mol. The van der Waals surface area contributed by atoms with Gasteiger partial charge < -0.3 is 5.32 Å². The van der Waals surface area contributed by atoms with Crippen LogP contribution in [0.3, 0.4) is 0 Å². The minimum atomic E-state index is 0.655. The molecule has 3 rings (SSSR count). The molecule has 0 aliphatic heterocycles. The molecule has 4 heteroatoms. The molecule has 0 radical (unpaired) electrons. The summed E-state index contributed by atoms with van der Waals surface area (Å²) in [5.41, 5.74) is 2.17. The van der Waals surface area contributed by atoms with Gasteiger partial charge in [-0.25, -0.2) is 4.68 Å². The standard InChI is InChI=1S/C13H14ClN3/c1-15-13-8-12(9-5-6-9)16-17(13)11-4-2-3-10(14)7-11/h2-4,7-9,15H,5-6H2,1H3. The number of rotatable bonds is 3. The maximum absolute atomic E-state index is 6.01. The first-order chi connectivity index (χ1) is 8.28. The van der Waals surface area contributed by atoms with Crippen LogP contribution in [0.25, 0.3) is 5.69 Å². The fraction of sp³-hybridized carbons (Fsp3) is 0.308. The van der Waals surface area contributed by atoms with E-state index in [2.05, 4.69) is 16.5 Å². The van der Waals surface area contributed by atoms with Crippen LogP contribution in [0.2, 0.25) is 5.02 Å². The Labute approximate surface area is 105 Å². The molecule has 88 valence electrons. The SMILES string of the molecule is CNc1cc(C2CC2)nn1-c1cccc(Cl)c1. The first-order valence-corrected chi connectivity index (χ1v) is 6.19. The zero-order chi connectivity index (χ0) is 11.8. The second-order valence-electron chi connectivity index (χ2n) is 4.37. The van der Waals surface area contributed by atoms with Crippen LogP contribution in [0.5, 0.6) is 0 Å². The van der Waals surface area contributed by atoms with Crippen molar-refractivity contribution in [2.24, 2.45) is 0 Å². The molecular formula is C13H14ClN3. The van der Waals surface area contributed by atoms with E-state index >= 15 is 0 Å². The Balaban J connectivity index is 2.06. The first-order valence-electron chi connectivity index (χ1n) is 5.81. The van der Waals surface area contributed by atoms with E-state index in [0.717, 1.165) is 16.5 Å². The van der Waals surface area contributed by atoms with E-state index in [9.17, 15) is 0 Å². The first kappa shape index (κ1) is 10.7. The van der Waals surface area contributed by atoms with Gasteiger partial charge in [0.2, 0.25) is 0 Å². The Kier molecular flexibility index (Phi) is 2.56. The van der Waals surface area contributed by atoms with Crippen molar-refractivity contribution >= 4 is 17.4 Å². The molecule has 1 fully saturated rings. The molecule has 0 spiro atoms. The molecule has 0 atom stereocenters. The lowest BCUT2D eigenvalue weighted by molar-refractivity contribution is 0.841. The second-order valence-corrected chi connectivity index (χ2v) is 4.81. The van der Waals surface area contributed by atoms with Gasteiger partial charge in [0.15, 0.2) is 0 Å². The van der Waals surface area contributed by atoms with Crippen molar-refractivity contribution in [1.82, 2.24) is 9.78 Å². The largest absolute Gasteiger partial charge is 0.373 e. The molecule has 1 aromatic heterocycles. The van der Waals surface area contributed by atoms with E-state index in [1.807, 2.05) is 36.0 Å². The molecule has 17 heavy (non-hydrogen) atoms. The van der Waals surface area contributed by atoms with Crippen LogP contribution in [0, 0.1) is 0 Å². The van der Waals surface area contributed by atoms with Crippen LogP contribution in [0.15, 0.2) is 30.3 Å². The van der Waals surface area contributed by atoms with Gasteiger partial charge in [0, 0.05) is 24.1 Å². The highest BCUT2D eigenvalue weighted by Gasteiger charge is 2.27. The normalized spacial score (nSPS) is 14.9. The molecule has 1 aromatic carbocycles. The molecule has 0 unspecified atom stereocenters. The maximum atomic E-state index is 6.01. The average molecular weight is 248 g/mol. The number of aromatic nitrogens is 2. The van der Waals surface area contributed by atoms with Crippen LogP contribution in [0.1, 0.15) is 24.5 Å². The number of benzene rings is 1. The number of anilines is 1. The fourth-order valence-corrected chi connectivity index (χ4v) is 2.15. The number of nitrogens with one attached hydrogen (secondary N) is 1. The zero-order valence-corrected chi connectivity index (χ0v) is 10.4. The van der Waals surface area contributed by atoms with Gasteiger partial charge >= 0.3 is 0 Å². The quantitative estimate of drug-likeness (QED) is 0.901. The van der Waals surface area contributed by atoms with Gasteiger partial charge in [-0.05, 0) is 31.0 Å². The van der Waals surface area contributed by atoms with E-state index in [0.29, 0.717) is 5.92 Å². The van der Waals surface area contributed by atoms with Crippen molar-refractivity contribution in [3.05, 3.63) is 41.0 Å². The fourth-order valence-electron chi connectivity index (χ4n) is 1.96. The third-order valence-electron chi connectivity index (χ3n) is 3.03. The summed E-state index contributed by atoms with van der Waals surface area (Å²) in [7, 11) is 1.91. The topological polar surface area (TPSA) is 29.9 Å². The Morgan fingerprint density at radius 3 is 2.82 bits per heavy atom. The van der Waals surface area contributed by atoms with Crippen molar-refractivity contribution < 1.29 is 0 Å². The number of nitrogens with zero attached hydrogens (tertiary/aromatic N) is 2. The highest BCUT2D eigenvalue weighted by atomic mass is 35.5. The van der Waals surface area contributed by atoms with Crippen LogP contribution < -0.4 is 5.32 Å². The lowest BCUT2D eigenvalue weighted by Crippen LogP contribution is -2.02. The lowest BCUT2D eigenvalue weighted by atomic mass is 10.3. The molecule has 2 aromatic rings. The Hall–Kier alpha value is -1.48. The third kappa shape index (κ3) is 2.03. The van der Waals surface area contributed by atoms with E-state index in [1.165, 1.54) is 18.5 Å². The summed E-state index contributed by atoms with van der Waals surface area (Å²) in [6, 6.07) is 9.87. The van der Waals surface area contributed by atoms with E-state index in [-0.39, 0.29) is 0 Å². The van der Waals surface area contributed by atoms with Gasteiger partial charge in [-0.2, -0.15) is 5.10 Å². The molecule has 0 amide bonds. The minimum absolute atomic E-state index is 0.655. The summed E-state index contributed by atoms with van der Waals surface area (Å²) in [5.74, 6) is 1.66. The molecule has 1 saturated carbocycles. The van der Waals surface area contributed by atoms with Crippen molar-refractivity contribution in [3.8, 4) is 5.69 Å². The van der Waals surface area contributed by atoms with Crippen LogP contribution in [0.4, 0.5) is 5.82 Å². The van der Waals surface area contributed by atoms with Gasteiger partial charge in [-0.15, -0.1) is 0 Å². The number of halogens is 1. The summed E-state index contributed by atoms with van der Waals surface area (Å²) in [6.07, 6.45) is 2.52. The van der Waals surface area contributed by atoms with E-state index in [4.69, 9.17) is 11.6 Å². The Morgan fingerprint density at radius 2 is 2.18 bits per heavy atom. The smallest absolute Gasteiger partial charge is 0.129 e. The molecule has 0 bridgehead atoms. The molecule has 0 saturated heterocycles. The van der Waals surface area contributed by atoms with Crippen molar-refractivity contribution in [3.63, 3.8) is 0 Å². The lowest BCUT2D eigenvalue weighted by Gasteiger charge is -2.06. The van der Waals surface area contributed by atoms with Gasteiger partial charge in [-0.1, -0.05) is 17.7 Å². The van der Waals surface area contributed by atoms with Gasteiger partial charge in [0.1, 0.15) is 5.82 Å². The van der Waals surface area contributed by atoms with Gasteiger partial charge in [0.05, 0.1) is 11.4 Å². The predicted molar refractivity (Wildman–Crippen MR) is 70.1 cm³/mol. The summed E-state index contributed by atoms with van der Waals surface area (Å²) >= 11 is 6.01. The van der Waals surface area contributed by atoms with Crippen LogP contribution in [-0.2, 0) is 0 Å². The summed E-state index contributed by atoms with van der Waals surface area (Å²) in [5, 5.41) is 8.55. The zero-order valence-electron chi connectivity index (χ0n) is 9.65. The molecule has 3 nitrogen and oxygen atoms in total. The van der Waals surface area contributed by atoms with E-state index in [1.54, 1.807) is 0 Å². The summed E-state index contributed by atoms with van der Waals surface area (Å²) in [6.45, 7) is 0. The van der Waals surface area contributed by atoms with Crippen molar-refractivity contribution in [1.29, 1.82) is 0 Å². The Morgan fingerprint density at radius 1 is 1.35 bits per heavy atom. The molecule has 1 aliphatic carbocycles. The van der Waals surface area contributed by atoms with Gasteiger partial charge in [-0.3, -0.25) is 0 Å². The second kappa shape index (κ2) is 4.08. The molecule has 1 N–H and O–H groups in total. The Bertz CT molecular complexity index is 543. The highest BCUT2D eigenvalue weighted by molar-refractivity contribution is 6.30. The number of hydrogen-bond acceptors (Lipinski definition) is 2. The maximum Gasteiger partial charge on any atom is 0.129 e. The van der Waals surface area contributed by atoms with Crippen molar-refractivity contribution in [2.45, 2.75) is 18.8 Å². The highest BCUT2D eigenvalue weighted by Crippen LogP contribution is 2.40. The van der Waals surface area contributed by atoms with E-state index < -0.39 is 0 Å². The average Bonchev–Trinajstić information content (AvgIpc) is 3.09. The predicted octanol–water partition coefficient (Wildman–Crippen LogP) is 3.44.